The summed E-state index contributed by atoms with van der Waals surface area (Å²) in [6, 6.07) is 5.31. The third-order valence-electron chi connectivity index (χ3n) is 2.76. The monoisotopic (exact) mass is 293 g/mol. The number of carbonyl (C=O) groups is 1. The van der Waals surface area contributed by atoms with Gasteiger partial charge in [-0.25, -0.2) is 4.98 Å². The van der Waals surface area contributed by atoms with Gasteiger partial charge in [-0.2, -0.15) is 0 Å². The van der Waals surface area contributed by atoms with Crippen LogP contribution in [0.1, 0.15) is 5.01 Å². The Morgan fingerprint density at radius 2 is 2.37 bits per heavy atom. The van der Waals surface area contributed by atoms with E-state index in [9.17, 15) is 4.79 Å². The smallest absolute Gasteiger partial charge is 0.243 e. The molecular weight excluding hydrogens is 282 g/mol. The maximum Gasteiger partial charge on any atom is 0.243 e. The highest BCUT2D eigenvalue weighted by Crippen LogP contribution is 2.31. The van der Waals surface area contributed by atoms with Gasteiger partial charge in [0.1, 0.15) is 21.8 Å². The average Bonchev–Trinajstić information content (AvgIpc) is 3.04. The van der Waals surface area contributed by atoms with Gasteiger partial charge in [0.2, 0.25) is 5.91 Å². The molecule has 1 aromatic heterocycles. The van der Waals surface area contributed by atoms with Crippen molar-refractivity contribution in [3.05, 3.63) is 23.2 Å². The molecule has 19 heavy (non-hydrogen) atoms. The van der Waals surface area contributed by atoms with Crippen LogP contribution in [0.15, 0.2) is 23.2 Å². The number of fused-ring (bicyclic) bond motifs is 1. The van der Waals surface area contributed by atoms with Gasteiger partial charge in [0.05, 0.1) is 17.3 Å². The molecule has 2 heterocycles. The lowest BCUT2D eigenvalue weighted by molar-refractivity contribution is -0.118. The number of hydrogen-bond donors (Lipinski definition) is 1. The van der Waals surface area contributed by atoms with Crippen molar-refractivity contribution < 1.29 is 9.53 Å². The van der Waals surface area contributed by atoms with Gasteiger partial charge in [-0.15, -0.1) is 23.1 Å². The zero-order valence-electron chi connectivity index (χ0n) is 10.1. The number of hydrogen-bond acceptors (Lipinski definition) is 6. The zero-order valence-corrected chi connectivity index (χ0v) is 11.8. The van der Waals surface area contributed by atoms with Crippen molar-refractivity contribution in [3.63, 3.8) is 0 Å². The molecular formula is C12H11N3O2S2. The Balaban J connectivity index is 1.98. The number of rotatable bonds is 3. The summed E-state index contributed by atoms with van der Waals surface area (Å²) in [5.74, 6) is 1.02. The summed E-state index contributed by atoms with van der Waals surface area (Å²) in [5.41, 5.74) is 6.17. The van der Waals surface area contributed by atoms with Gasteiger partial charge in [-0.3, -0.25) is 9.79 Å². The number of ether oxygens (including phenoxy) is 1. The largest absolute Gasteiger partial charge is 0.497 e. The maximum atomic E-state index is 11.1. The normalized spacial score (nSPS) is 18.6. The molecule has 1 unspecified atom stereocenters. The number of nitrogens with zero attached hydrogens (tertiary/aromatic N) is 2. The van der Waals surface area contributed by atoms with Gasteiger partial charge in [0, 0.05) is 5.75 Å². The molecule has 1 aromatic carbocycles. The number of thioether (sulfide) groups is 1. The highest BCUT2D eigenvalue weighted by Gasteiger charge is 2.25. The summed E-state index contributed by atoms with van der Waals surface area (Å²) in [4.78, 5) is 19.9. The van der Waals surface area contributed by atoms with Crippen LogP contribution in [0.5, 0.6) is 5.75 Å². The van der Waals surface area contributed by atoms with E-state index in [1.807, 2.05) is 18.2 Å². The summed E-state index contributed by atoms with van der Waals surface area (Å²) in [6.45, 7) is 0. The Hall–Kier alpha value is -1.60. The van der Waals surface area contributed by atoms with Crippen LogP contribution in [0.25, 0.3) is 10.2 Å². The van der Waals surface area contributed by atoms with Gasteiger partial charge < -0.3 is 10.5 Å². The predicted molar refractivity (Wildman–Crippen MR) is 78.1 cm³/mol. The Bertz CT molecular complexity index is 681. The van der Waals surface area contributed by atoms with Crippen molar-refractivity contribution in [2.24, 2.45) is 10.7 Å². The first-order chi connectivity index (χ1) is 9.17. The van der Waals surface area contributed by atoms with E-state index in [0.717, 1.165) is 26.0 Å². The van der Waals surface area contributed by atoms with Gasteiger partial charge in [-0.05, 0) is 18.2 Å². The van der Waals surface area contributed by atoms with Crippen LogP contribution >= 0.6 is 23.1 Å². The van der Waals surface area contributed by atoms with Crippen LogP contribution in [0.2, 0.25) is 0 Å². The van der Waals surface area contributed by atoms with Crippen LogP contribution in [0.3, 0.4) is 0 Å². The van der Waals surface area contributed by atoms with Gasteiger partial charge in [-0.1, -0.05) is 0 Å². The first-order valence-corrected chi connectivity index (χ1v) is 7.42. The molecule has 1 aliphatic heterocycles. The van der Waals surface area contributed by atoms with Crippen molar-refractivity contribution in [3.8, 4) is 5.75 Å². The summed E-state index contributed by atoms with van der Waals surface area (Å²) < 4.78 is 6.23. The fourth-order valence-electron chi connectivity index (χ4n) is 1.76. The predicted octanol–water partition coefficient (Wildman–Crippen LogP) is 1.65. The lowest BCUT2D eigenvalue weighted by atomic mass is 10.3. The first kappa shape index (κ1) is 12.4. The minimum Gasteiger partial charge on any atom is -0.497 e. The molecule has 0 fully saturated rings. The number of aliphatic imine (C=N–C) groups is 1. The van der Waals surface area contributed by atoms with Crippen LogP contribution in [0, 0.1) is 0 Å². The molecule has 0 saturated carbocycles. The number of aromatic nitrogens is 1. The molecule has 3 rings (SSSR count). The Morgan fingerprint density at radius 1 is 1.53 bits per heavy atom. The van der Waals surface area contributed by atoms with Gasteiger partial charge in [0.15, 0.2) is 0 Å². The number of nitrogens with two attached hydrogens (primary N) is 1. The molecule has 5 nitrogen and oxygen atoms in total. The van der Waals surface area contributed by atoms with Crippen LogP contribution in [0.4, 0.5) is 0 Å². The molecule has 0 spiro atoms. The highest BCUT2D eigenvalue weighted by molar-refractivity contribution is 8.15. The third kappa shape index (κ3) is 2.31. The first-order valence-electron chi connectivity index (χ1n) is 5.62. The van der Waals surface area contributed by atoms with E-state index in [1.165, 1.54) is 11.8 Å². The van der Waals surface area contributed by atoms with E-state index in [2.05, 4.69) is 9.98 Å². The number of carbonyl (C=O) groups excluding carboxylic acids is 1. The van der Waals surface area contributed by atoms with E-state index in [0.29, 0.717) is 5.75 Å². The summed E-state index contributed by atoms with van der Waals surface area (Å²) in [7, 11) is 1.64. The van der Waals surface area contributed by atoms with Crippen molar-refractivity contribution in [2.45, 2.75) is 6.04 Å². The van der Waals surface area contributed by atoms with Crippen molar-refractivity contribution in [1.29, 1.82) is 0 Å². The Morgan fingerprint density at radius 3 is 3.05 bits per heavy atom. The minimum atomic E-state index is -0.429. The van der Waals surface area contributed by atoms with Gasteiger partial charge >= 0.3 is 0 Å². The second-order valence-electron chi connectivity index (χ2n) is 4.02. The molecule has 1 amide bonds. The zero-order chi connectivity index (χ0) is 13.4. The molecule has 7 heteroatoms. The molecule has 0 bridgehead atoms. The molecule has 0 aliphatic carbocycles. The van der Waals surface area contributed by atoms with Crippen LogP contribution in [-0.4, -0.2) is 34.8 Å². The summed E-state index contributed by atoms with van der Waals surface area (Å²) in [5, 5.41) is 1.63. The average molecular weight is 293 g/mol. The SMILES string of the molecule is COc1ccc2nc(C3=NC(C(N)=O)CS3)sc2c1. The van der Waals surface area contributed by atoms with E-state index in [4.69, 9.17) is 10.5 Å². The third-order valence-corrected chi connectivity index (χ3v) is 4.97. The Kier molecular flexibility index (Phi) is 3.16. The molecule has 2 N–H and O–H groups in total. The number of thiazole rings is 1. The standard InChI is InChI=1S/C12H11N3O2S2/c1-17-6-2-3-7-9(4-6)19-12(14-7)11-15-8(5-18-11)10(13)16/h2-4,8H,5H2,1H3,(H2,13,16). The Labute approximate surface area is 117 Å². The quantitative estimate of drug-likeness (QED) is 0.933. The van der Waals surface area contributed by atoms with Crippen molar-refractivity contribution in [1.82, 2.24) is 4.98 Å². The lowest BCUT2D eigenvalue weighted by Gasteiger charge is -1.96. The molecule has 2 aromatic rings. The van der Waals surface area contributed by atoms with Crippen LogP contribution < -0.4 is 10.5 Å². The molecule has 0 radical (unpaired) electrons. The maximum absolute atomic E-state index is 11.1. The minimum absolute atomic E-state index is 0.384. The van der Waals surface area contributed by atoms with Crippen molar-refractivity contribution in [2.75, 3.05) is 12.9 Å². The topological polar surface area (TPSA) is 77.6 Å². The van der Waals surface area contributed by atoms with E-state index < -0.39 is 6.04 Å². The van der Waals surface area contributed by atoms with E-state index in [-0.39, 0.29) is 5.91 Å². The summed E-state index contributed by atoms with van der Waals surface area (Å²) >= 11 is 3.07. The molecule has 1 atom stereocenters. The van der Waals surface area contributed by atoms with Crippen LogP contribution in [-0.2, 0) is 4.79 Å². The van der Waals surface area contributed by atoms with Crippen molar-refractivity contribution >= 4 is 44.3 Å². The number of primary amides is 1. The highest BCUT2D eigenvalue weighted by atomic mass is 32.2. The fourth-order valence-corrected chi connectivity index (χ4v) is 3.87. The summed E-state index contributed by atoms with van der Waals surface area (Å²) in [6.07, 6.45) is 0. The number of amides is 1. The lowest BCUT2D eigenvalue weighted by Crippen LogP contribution is -2.26. The van der Waals surface area contributed by atoms with Gasteiger partial charge in [0.25, 0.3) is 0 Å². The van der Waals surface area contributed by atoms with E-state index >= 15 is 0 Å². The second kappa shape index (κ2) is 4.82. The molecule has 98 valence electrons. The molecule has 0 saturated heterocycles. The number of benzene rings is 1. The van der Waals surface area contributed by atoms with E-state index in [1.54, 1.807) is 18.4 Å². The molecule has 1 aliphatic rings. The second-order valence-corrected chi connectivity index (χ2v) is 6.06. The number of methoxy groups -OCH3 is 1. The fraction of sp³-hybridized carbons (Fsp3) is 0.250.